The third kappa shape index (κ3) is 2.62. The van der Waals surface area contributed by atoms with Gasteiger partial charge in [-0.3, -0.25) is 4.79 Å². The molecule has 1 aromatic carbocycles. The minimum atomic E-state index is -1.15. The molecule has 23 heavy (non-hydrogen) atoms. The number of rotatable bonds is 5. The van der Waals surface area contributed by atoms with Crippen molar-refractivity contribution in [3.8, 4) is 0 Å². The molecule has 6 nitrogen and oxygen atoms in total. The highest BCUT2D eigenvalue weighted by Gasteiger charge is 2.47. The van der Waals surface area contributed by atoms with Crippen LogP contribution in [0, 0.1) is 5.92 Å². The Balaban J connectivity index is 1.51. The average Bonchev–Trinajstić information content (AvgIpc) is 3.10. The van der Waals surface area contributed by atoms with E-state index in [1.807, 2.05) is 0 Å². The van der Waals surface area contributed by atoms with Crippen molar-refractivity contribution in [2.24, 2.45) is 5.92 Å². The fourth-order valence-electron chi connectivity index (χ4n) is 2.76. The van der Waals surface area contributed by atoms with Gasteiger partial charge in [-0.05, 0) is 49.1 Å². The molecule has 1 aliphatic carbocycles. The van der Waals surface area contributed by atoms with Gasteiger partial charge in [-0.2, -0.15) is 8.75 Å². The maximum Gasteiger partial charge on any atom is 0.251 e. The molecule has 0 radical (unpaired) electrons. The van der Waals surface area contributed by atoms with Crippen LogP contribution in [0.4, 0.5) is 0 Å². The molecule has 1 amide bonds. The molecule has 2 aromatic heterocycles. The van der Waals surface area contributed by atoms with Crippen molar-refractivity contribution in [1.82, 2.24) is 14.1 Å². The van der Waals surface area contributed by atoms with E-state index in [0.29, 0.717) is 16.8 Å². The van der Waals surface area contributed by atoms with Gasteiger partial charge < -0.3 is 14.8 Å². The zero-order chi connectivity index (χ0) is 15.9. The van der Waals surface area contributed by atoms with Gasteiger partial charge >= 0.3 is 0 Å². The second-order valence-electron chi connectivity index (χ2n) is 5.83. The lowest BCUT2D eigenvalue weighted by Gasteiger charge is -2.26. The van der Waals surface area contributed by atoms with Crippen molar-refractivity contribution in [2.45, 2.75) is 18.4 Å². The van der Waals surface area contributed by atoms with Crippen LogP contribution >= 0.6 is 11.7 Å². The van der Waals surface area contributed by atoms with Crippen molar-refractivity contribution in [1.29, 1.82) is 0 Å². The molecule has 1 aliphatic rings. The number of fused-ring (bicyclic) bond motifs is 1. The summed E-state index contributed by atoms with van der Waals surface area (Å²) in [4.78, 5) is 12.4. The molecule has 118 valence electrons. The minimum Gasteiger partial charge on any atom is -0.466 e. The number of nitrogens with zero attached hydrogens (tertiary/aromatic N) is 2. The van der Waals surface area contributed by atoms with Gasteiger partial charge in [0.05, 0.1) is 24.5 Å². The minimum absolute atomic E-state index is 0.122. The first-order valence-corrected chi connectivity index (χ1v) is 8.17. The van der Waals surface area contributed by atoms with Gasteiger partial charge in [0.15, 0.2) is 0 Å². The second kappa shape index (κ2) is 5.43. The number of benzene rings is 1. The summed E-state index contributed by atoms with van der Waals surface area (Å²) in [5, 5.41) is 13.7. The lowest BCUT2D eigenvalue weighted by Crippen LogP contribution is -2.42. The number of carbonyl (C=O) groups excluding carboxylic acids is 1. The number of carbonyl (C=O) groups is 1. The van der Waals surface area contributed by atoms with Crippen molar-refractivity contribution in [3.05, 3.63) is 47.9 Å². The normalized spacial score (nSPS) is 17.1. The zero-order valence-corrected chi connectivity index (χ0v) is 13.0. The van der Waals surface area contributed by atoms with Gasteiger partial charge in [-0.1, -0.05) is 0 Å². The van der Waals surface area contributed by atoms with Crippen LogP contribution in [0.1, 0.15) is 29.0 Å². The maximum atomic E-state index is 12.4. The number of amides is 1. The molecule has 0 aliphatic heterocycles. The van der Waals surface area contributed by atoms with E-state index in [4.69, 9.17) is 4.42 Å². The van der Waals surface area contributed by atoms with E-state index >= 15 is 0 Å². The SMILES string of the molecule is O=C(NCC(O)(c1ccco1)C1CC1)c1ccc2nsnc2c1. The monoisotopic (exact) mass is 329 g/mol. The predicted octanol–water partition coefficient (Wildman–Crippen LogP) is 2.31. The highest BCUT2D eigenvalue weighted by atomic mass is 32.1. The van der Waals surface area contributed by atoms with Crippen LogP contribution in [0.3, 0.4) is 0 Å². The lowest BCUT2D eigenvalue weighted by atomic mass is 9.94. The van der Waals surface area contributed by atoms with Gasteiger partial charge in [0.25, 0.3) is 5.91 Å². The Morgan fingerprint density at radius 3 is 2.91 bits per heavy atom. The number of aliphatic hydroxyl groups is 1. The summed E-state index contributed by atoms with van der Waals surface area (Å²) >= 11 is 1.12. The summed E-state index contributed by atoms with van der Waals surface area (Å²) in [7, 11) is 0. The summed E-state index contributed by atoms with van der Waals surface area (Å²) in [6.07, 6.45) is 3.40. The van der Waals surface area contributed by atoms with Crippen LogP contribution in [0.5, 0.6) is 0 Å². The summed E-state index contributed by atoms with van der Waals surface area (Å²) in [6, 6.07) is 8.68. The van der Waals surface area contributed by atoms with Crippen LogP contribution in [-0.4, -0.2) is 26.3 Å². The highest BCUT2D eigenvalue weighted by molar-refractivity contribution is 7.00. The Labute approximate surface area is 136 Å². The van der Waals surface area contributed by atoms with Crippen molar-refractivity contribution >= 4 is 28.7 Å². The molecule has 1 unspecified atom stereocenters. The van der Waals surface area contributed by atoms with E-state index in [2.05, 4.69) is 14.1 Å². The van der Waals surface area contributed by atoms with Gasteiger partial charge in [-0.25, -0.2) is 0 Å². The summed E-state index contributed by atoms with van der Waals surface area (Å²) in [5.41, 5.74) is 0.830. The number of furan rings is 1. The molecule has 0 saturated heterocycles. The predicted molar refractivity (Wildman–Crippen MR) is 85.1 cm³/mol. The van der Waals surface area contributed by atoms with Gasteiger partial charge in [-0.15, -0.1) is 0 Å². The topological polar surface area (TPSA) is 88.2 Å². The molecule has 7 heteroatoms. The third-order valence-electron chi connectivity index (χ3n) is 4.23. The molecular weight excluding hydrogens is 314 g/mol. The first kappa shape index (κ1) is 14.3. The fraction of sp³-hybridized carbons (Fsp3) is 0.312. The fourth-order valence-corrected chi connectivity index (χ4v) is 3.28. The molecule has 2 heterocycles. The maximum absolute atomic E-state index is 12.4. The molecule has 2 N–H and O–H groups in total. The van der Waals surface area contributed by atoms with Crippen LogP contribution < -0.4 is 5.32 Å². The van der Waals surface area contributed by atoms with E-state index in [9.17, 15) is 9.90 Å². The first-order valence-electron chi connectivity index (χ1n) is 7.44. The van der Waals surface area contributed by atoms with Crippen LogP contribution in [0.2, 0.25) is 0 Å². The number of hydrogen-bond acceptors (Lipinski definition) is 6. The van der Waals surface area contributed by atoms with E-state index in [1.165, 1.54) is 6.26 Å². The summed E-state index contributed by atoms with van der Waals surface area (Å²) in [5.74, 6) is 0.379. The number of hydrogen-bond donors (Lipinski definition) is 2. The highest BCUT2D eigenvalue weighted by Crippen LogP contribution is 2.45. The molecule has 1 atom stereocenters. The molecule has 4 rings (SSSR count). The second-order valence-corrected chi connectivity index (χ2v) is 6.35. The van der Waals surface area contributed by atoms with Crippen LogP contribution in [0.25, 0.3) is 11.0 Å². The molecule has 1 fully saturated rings. The standard InChI is InChI=1S/C16H15N3O3S/c20-15(10-3-6-12-13(8-10)19-23-18-12)17-9-16(21,11-4-5-11)14-2-1-7-22-14/h1-3,6-8,11,21H,4-5,9H2,(H,17,20). The summed E-state index contributed by atoms with van der Waals surface area (Å²) < 4.78 is 13.6. The number of nitrogens with one attached hydrogen (secondary N) is 1. The molecule has 0 spiro atoms. The van der Waals surface area contributed by atoms with E-state index < -0.39 is 5.60 Å². The first-order chi connectivity index (χ1) is 11.2. The Morgan fingerprint density at radius 2 is 2.17 bits per heavy atom. The Morgan fingerprint density at radius 1 is 1.35 bits per heavy atom. The Hall–Kier alpha value is -2.25. The van der Waals surface area contributed by atoms with Crippen LogP contribution in [0.15, 0.2) is 41.0 Å². The van der Waals surface area contributed by atoms with Crippen LogP contribution in [-0.2, 0) is 5.60 Å². The van der Waals surface area contributed by atoms with E-state index in [1.54, 1.807) is 30.3 Å². The van der Waals surface area contributed by atoms with Crippen molar-refractivity contribution < 1.29 is 14.3 Å². The van der Waals surface area contributed by atoms with Crippen molar-refractivity contribution in [2.75, 3.05) is 6.54 Å². The van der Waals surface area contributed by atoms with Gasteiger partial charge in [0.2, 0.25) is 0 Å². The molecular formula is C16H15N3O3S. The quantitative estimate of drug-likeness (QED) is 0.750. The molecule has 1 saturated carbocycles. The Kier molecular flexibility index (Phi) is 3.39. The third-order valence-corrected chi connectivity index (χ3v) is 4.79. The summed E-state index contributed by atoms with van der Waals surface area (Å²) in [6.45, 7) is 0.122. The molecule has 0 bridgehead atoms. The van der Waals surface area contributed by atoms with Gasteiger partial charge in [0, 0.05) is 5.56 Å². The van der Waals surface area contributed by atoms with Gasteiger partial charge in [0.1, 0.15) is 22.4 Å². The Bertz CT molecular complexity index is 841. The van der Waals surface area contributed by atoms with E-state index in [-0.39, 0.29) is 18.4 Å². The average molecular weight is 329 g/mol. The largest absolute Gasteiger partial charge is 0.466 e. The lowest BCUT2D eigenvalue weighted by molar-refractivity contribution is -0.00610. The zero-order valence-electron chi connectivity index (χ0n) is 12.2. The van der Waals surface area contributed by atoms with Crippen molar-refractivity contribution in [3.63, 3.8) is 0 Å². The smallest absolute Gasteiger partial charge is 0.251 e. The van der Waals surface area contributed by atoms with E-state index in [0.717, 1.165) is 30.1 Å². The molecule has 3 aromatic rings. The number of aromatic nitrogens is 2.